The summed E-state index contributed by atoms with van der Waals surface area (Å²) in [6, 6.07) is 0. The zero-order valence-electron chi connectivity index (χ0n) is 8.54. The number of oxime groups is 2. The number of aliphatic hydroxyl groups excluding tert-OH is 1. The van der Waals surface area contributed by atoms with Crippen LogP contribution in [0.15, 0.2) is 10.3 Å². The molecule has 1 aliphatic rings. The van der Waals surface area contributed by atoms with Crippen LogP contribution in [0, 0.1) is 0 Å². The lowest BCUT2D eigenvalue weighted by molar-refractivity contribution is -0.213. The molecule has 3 N–H and O–H groups in total. The molecule has 0 bridgehead atoms. The van der Waals surface area contributed by atoms with Gasteiger partial charge in [0.05, 0.1) is 0 Å². The zero-order chi connectivity index (χ0) is 11.5. The van der Waals surface area contributed by atoms with Crippen LogP contribution in [-0.2, 0) is 9.47 Å². The molecule has 0 radical (unpaired) electrons. The first-order chi connectivity index (χ1) is 7.16. The molecule has 1 rings (SSSR count). The second-order valence-electron chi connectivity index (χ2n) is 3.13. The standard InChI is InChI=1S/C8H14N2O5/c1-14-8(15-2)6(11)4-3-5(9-12)7(8)10-13/h6,11-13H,3-4H2,1-2H3/b9-5+,10-7-/t6-/m1/s1. The van der Waals surface area contributed by atoms with Crippen LogP contribution in [-0.4, -0.2) is 53.1 Å². The molecule has 7 heteroatoms. The van der Waals surface area contributed by atoms with Crippen molar-refractivity contribution >= 4 is 11.4 Å². The van der Waals surface area contributed by atoms with Crippen molar-refractivity contribution < 1.29 is 25.0 Å². The molecule has 1 atom stereocenters. The molecule has 0 unspecified atom stereocenters. The molecular weight excluding hydrogens is 204 g/mol. The van der Waals surface area contributed by atoms with Crippen LogP contribution in [0.1, 0.15) is 12.8 Å². The van der Waals surface area contributed by atoms with E-state index in [1.165, 1.54) is 14.2 Å². The summed E-state index contributed by atoms with van der Waals surface area (Å²) >= 11 is 0. The fourth-order valence-corrected chi connectivity index (χ4v) is 1.71. The minimum atomic E-state index is -1.57. The first-order valence-corrected chi connectivity index (χ1v) is 4.38. The molecule has 0 heterocycles. The summed E-state index contributed by atoms with van der Waals surface area (Å²) in [5.74, 6) is -1.57. The summed E-state index contributed by atoms with van der Waals surface area (Å²) < 4.78 is 10.0. The molecule has 0 saturated heterocycles. The SMILES string of the molecule is COC1(OC)C(=N\O)/C(=N/O)CC[C@H]1O. The smallest absolute Gasteiger partial charge is 0.244 e. The predicted octanol–water partition coefficient (Wildman–Crippen LogP) is -0.209. The van der Waals surface area contributed by atoms with Crippen molar-refractivity contribution in [2.75, 3.05) is 14.2 Å². The van der Waals surface area contributed by atoms with Crippen LogP contribution in [0.2, 0.25) is 0 Å². The molecule has 86 valence electrons. The average molecular weight is 218 g/mol. The van der Waals surface area contributed by atoms with Gasteiger partial charge in [0.25, 0.3) is 0 Å². The summed E-state index contributed by atoms with van der Waals surface area (Å²) in [6.07, 6.45) is -0.407. The molecule has 0 aliphatic heterocycles. The lowest BCUT2D eigenvalue weighted by Crippen LogP contribution is -2.58. The lowest BCUT2D eigenvalue weighted by Gasteiger charge is -2.38. The zero-order valence-corrected chi connectivity index (χ0v) is 8.54. The molecule has 0 amide bonds. The van der Waals surface area contributed by atoms with Crippen molar-refractivity contribution in [3.05, 3.63) is 0 Å². The van der Waals surface area contributed by atoms with Crippen molar-refractivity contribution in [3.63, 3.8) is 0 Å². The van der Waals surface area contributed by atoms with E-state index < -0.39 is 11.9 Å². The minimum absolute atomic E-state index is 0.117. The van der Waals surface area contributed by atoms with Gasteiger partial charge in [-0.1, -0.05) is 10.3 Å². The van der Waals surface area contributed by atoms with E-state index in [-0.39, 0.29) is 17.8 Å². The predicted molar refractivity (Wildman–Crippen MR) is 50.4 cm³/mol. The maximum Gasteiger partial charge on any atom is 0.244 e. The molecule has 7 nitrogen and oxygen atoms in total. The Kier molecular flexibility index (Phi) is 3.61. The summed E-state index contributed by atoms with van der Waals surface area (Å²) in [5, 5.41) is 33.2. The molecule has 1 fully saturated rings. The van der Waals surface area contributed by atoms with E-state index in [4.69, 9.17) is 19.9 Å². The normalized spacial score (nSPS) is 31.0. The maximum atomic E-state index is 9.76. The highest BCUT2D eigenvalue weighted by Crippen LogP contribution is 2.29. The maximum absolute atomic E-state index is 9.76. The fraction of sp³-hybridized carbons (Fsp3) is 0.750. The van der Waals surface area contributed by atoms with Crippen molar-refractivity contribution in [1.82, 2.24) is 0 Å². The summed E-state index contributed by atoms with van der Waals surface area (Å²) in [5.41, 5.74) is 0.0141. The van der Waals surface area contributed by atoms with Gasteiger partial charge < -0.3 is 25.0 Å². The van der Waals surface area contributed by atoms with E-state index >= 15 is 0 Å². The third-order valence-corrected chi connectivity index (χ3v) is 2.52. The quantitative estimate of drug-likeness (QED) is 0.338. The summed E-state index contributed by atoms with van der Waals surface area (Å²) in [7, 11) is 2.61. The largest absolute Gasteiger partial charge is 0.411 e. The van der Waals surface area contributed by atoms with Crippen LogP contribution in [0.4, 0.5) is 0 Å². The Morgan fingerprint density at radius 3 is 2.27 bits per heavy atom. The van der Waals surface area contributed by atoms with E-state index in [1.54, 1.807) is 0 Å². The van der Waals surface area contributed by atoms with Gasteiger partial charge in [0.1, 0.15) is 11.8 Å². The number of nitrogens with zero attached hydrogens (tertiary/aromatic N) is 2. The van der Waals surface area contributed by atoms with Crippen LogP contribution >= 0.6 is 0 Å². The topological polar surface area (TPSA) is 104 Å². The Morgan fingerprint density at radius 1 is 1.27 bits per heavy atom. The second-order valence-corrected chi connectivity index (χ2v) is 3.13. The Labute approximate surface area is 86.6 Å². The number of hydrogen-bond donors (Lipinski definition) is 3. The molecule has 1 saturated carbocycles. The molecule has 15 heavy (non-hydrogen) atoms. The Balaban J connectivity index is 3.18. The third-order valence-electron chi connectivity index (χ3n) is 2.52. The van der Waals surface area contributed by atoms with Crippen LogP contribution in [0.3, 0.4) is 0 Å². The molecule has 0 aromatic carbocycles. The number of rotatable bonds is 2. The minimum Gasteiger partial charge on any atom is -0.411 e. The summed E-state index contributed by atoms with van der Waals surface area (Å²) in [4.78, 5) is 0. The van der Waals surface area contributed by atoms with E-state index in [9.17, 15) is 5.11 Å². The van der Waals surface area contributed by atoms with Gasteiger partial charge in [-0.15, -0.1) is 0 Å². The van der Waals surface area contributed by atoms with Crippen LogP contribution < -0.4 is 0 Å². The van der Waals surface area contributed by atoms with Crippen molar-refractivity contribution in [2.45, 2.75) is 24.7 Å². The molecule has 0 aromatic heterocycles. The first-order valence-electron chi connectivity index (χ1n) is 4.38. The molecule has 0 aromatic rings. The monoisotopic (exact) mass is 218 g/mol. The molecule has 0 spiro atoms. The van der Waals surface area contributed by atoms with Crippen molar-refractivity contribution in [2.24, 2.45) is 10.3 Å². The Morgan fingerprint density at radius 2 is 1.87 bits per heavy atom. The Hall–Kier alpha value is -1.18. The third kappa shape index (κ3) is 1.69. The fourth-order valence-electron chi connectivity index (χ4n) is 1.71. The van der Waals surface area contributed by atoms with E-state index in [1.807, 2.05) is 0 Å². The number of hydrogen-bond acceptors (Lipinski definition) is 7. The van der Waals surface area contributed by atoms with Gasteiger partial charge in [0, 0.05) is 14.2 Å². The number of ether oxygens (including phenoxy) is 2. The van der Waals surface area contributed by atoms with Gasteiger partial charge in [-0.05, 0) is 12.8 Å². The van der Waals surface area contributed by atoms with Gasteiger partial charge in [-0.2, -0.15) is 0 Å². The molecule has 1 aliphatic carbocycles. The Bertz CT molecular complexity index is 285. The van der Waals surface area contributed by atoms with Gasteiger partial charge in [-0.25, -0.2) is 0 Å². The number of methoxy groups -OCH3 is 2. The highest BCUT2D eigenvalue weighted by molar-refractivity contribution is 6.45. The van der Waals surface area contributed by atoms with Gasteiger partial charge in [0.2, 0.25) is 5.79 Å². The van der Waals surface area contributed by atoms with Crippen LogP contribution in [0.25, 0.3) is 0 Å². The van der Waals surface area contributed by atoms with Crippen molar-refractivity contribution in [3.8, 4) is 0 Å². The van der Waals surface area contributed by atoms with E-state index in [0.29, 0.717) is 6.42 Å². The van der Waals surface area contributed by atoms with Gasteiger partial charge in [-0.3, -0.25) is 0 Å². The average Bonchev–Trinajstić information content (AvgIpc) is 2.28. The van der Waals surface area contributed by atoms with Crippen LogP contribution in [0.5, 0.6) is 0 Å². The van der Waals surface area contributed by atoms with E-state index in [2.05, 4.69) is 10.3 Å². The van der Waals surface area contributed by atoms with Crippen molar-refractivity contribution in [1.29, 1.82) is 0 Å². The summed E-state index contributed by atoms with van der Waals surface area (Å²) in [6.45, 7) is 0. The first kappa shape index (κ1) is 11.9. The highest BCUT2D eigenvalue weighted by Gasteiger charge is 2.50. The van der Waals surface area contributed by atoms with Gasteiger partial charge in [0.15, 0.2) is 5.71 Å². The molecular formula is C8H14N2O5. The lowest BCUT2D eigenvalue weighted by atomic mass is 9.87. The van der Waals surface area contributed by atoms with Gasteiger partial charge >= 0.3 is 0 Å². The number of aliphatic hydroxyl groups is 1. The second kappa shape index (κ2) is 4.56. The van der Waals surface area contributed by atoms with E-state index in [0.717, 1.165) is 0 Å². The highest BCUT2D eigenvalue weighted by atomic mass is 16.7.